The number of alkyl halides is 1. The number of halogens is 1. The first-order valence-electron chi connectivity index (χ1n) is 1.33. The first kappa shape index (κ1) is 5.20. The third-order valence-corrected chi connectivity index (χ3v) is 0.265. The minimum absolute atomic E-state index is 0.394. The van der Waals surface area contributed by atoms with E-state index in [-0.39, 0.29) is 0 Å². The van der Waals surface area contributed by atoms with Crippen molar-refractivity contribution in [3.63, 3.8) is 0 Å². The zero-order chi connectivity index (χ0) is 4.99. The predicted octanol–water partition coefficient (Wildman–Crippen LogP) is -0.298. The van der Waals surface area contributed by atoms with Crippen LogP contribution in [0.3, 0.4) is 0 Å². The number of hydrogen-bond acceptors (Lipinski definition) is 2. The van der Waals surface area contributed by atoms with Crippen LogP contribution in [0.25, 0.3) is 0 Å². The second-order valence-electron chi connectivity index (χ2n) is 0.725. The van der Waals surface area contributed by atoms with Gasteiger partial charge in [-0.2, -0.15) is 0 Å². The van der Waals surface area contributed by atoms with E-state index in [4.69, 9.17) is 5.21 Å². The Morgan fingerprint density at radius 1 is 2.00 bits per heavy atom. The number of rotatable bonds is 1. The Morgan fingerprint density at radius 2 is 2.50 bits per heavy atom. The van der Waals surface area contributed by atoms with E-state index in [9.17, 15) is 4.39 Å². The highest BCUT2D eigenvalue weighted by Gasteiger charge is 1.82. The maximum Gasteiger partial charge on any atom is 0.170 e. The summed E-state index contributed by atoms with van der Waals surface area (Å²) in [4.78, 5) is 0. The van der Waals surface area contributed by atoms with E-state index in [1.54, 1.807) is 0 Å². The van der Waals surface area contributed by atoms with E-state index < -0.39 is 12.5 Å². The number of nitrogens with zero attached hydrogens (tertiary/aromatic N) is 1. The van der Waals surface area contributed by atoms with Gasteiger partial charge in [0.1, 0.15) is 6.67 Å². The average molecular weight is 92.1 g/mol. The third kappa shape index (κ3) is 1.51. The van der Waals surface area contributed by atoms with Gasteiger partial charge in [0, 0.05) is 0 Å². The van der Waals surface area contributed by atoms with Gasteiger partial charge in [0.05, 0.1) is 0 Å². The van der Waals surface area contributed by atoms with Gasteiger partial charge in [0.15, 0.2) is 5.84 Å². The van der Waals surface area contributed by atoms with E-state index in [2.05, 4.69) is 10.9 Å². The number of amidine groups is 1. The van der Waals surface area contributed by atoms with Crippen molar-refractivity contribution in [2.45, 2.75) is 0 Å². The molecule has 0 aromatic heterocycles. The molecule has 0 rings (SSSR count). The first-order chi connectivity index (χ1) is 2.81. The van der Waals surface area contributed by atoms with Crippen molar-refractivity contribution < 1.29 is 9.60 Å². The van der Waals surface area contributed by atoms with Crippen molar-refractivity contribution in [1.82, 2.24) is 0 Å². The Hall–Kier alpha value is -0.800. The smallest absolute Gasteiger partial charge is 0.170 e. The molecule has 0 amide bonds. The van der Waals surface area contributed by atoms with Crippen LogP contribution in [0.4, 0.5) is 4.39 Å². The van der Waals surface area contributed by atoms with Crippen molar-refractivity contribution in [3.8, 4) is 0 Å². The summed E-state index contributed by atoms with van der Waals surface area (Å²) in [6.45, 7) is -0.892. The molecule has 0 aliphatic heterocycles. The Balaban J connectivity index is 3.22. The van der Waals surface area contributed by atoms with Gasteiger partial charge in [-0.15, -0.1) is 0 Å². The van der Waals surface area contributed by atoms with Crippen LogP contribution in [-0.4, -0.2) is 17.7 Å². The van der Waals surface area contributed by atoms with Crippen molar-refractivity contribution in [2.75, 3.05) is 6.67 Å². The summed E-state index contributed by atoms with van der Waals surface area (Å²) < 4.78 is 11.0. The van der Waals surface area contributed by atoms with Gasteiger partial charge in [-0.1, -0.05) is 5.16 Å². The van der Waals surface area contributed by atoms with Crippen LogP contribution in [0, 0.1) is 0 Å². The summed E-state index contributed by atoms with van der Waals surface area (Å²) in [5.41, 5.74) is 4.60. The molecule has 0 saturated carbocycles. The molecule has 3 nitrogen and oxygen atoms in total. The summed E-state index contributed by atoms with van der Waals surface area (Å²) in [7, 11) is 0. The lowest BCUT2D eigenvalue weighted by Crippen LogP contribution is -2.12. The molecule has 0 bridgehead atoms. The molecule has 0 unspecified atom stereocenters. The van der Waals surface area contributed by atoms with Crippen LogP contribution in [0.15, 0.2) is 5.16 Å². The molecule has 0 aromatic carbocycles. The number of oxime groups is 1. The minimum Gasteiger partial charge on any atom is -0.409 e. The fourth-order valence-corrected chi connectivity index (χ4v) is 0.0267. The van der Waals surface area contributed by atoms with E-state index in [1.807, 2.05) is 0 Å². The summed E-state index contributed by atoms with van der Waals surface area (Å²) >= 11 is 0. The van der Waals surface area contributed by atoms with Gasteiger partial charge in [-0.3, -0.25) is 0 Å². The molecule has 0 aliphatic carbocycles. The standard InChI is InChI=1S/C2H5FN2O/c3-1-2(4)5-6/h6H,1H2,(H2,4,5). The van der Waals surface area contributed by atoms with Crippen molar-refractivity contribution in [2.24, 2.45) is 10.9 Å². The lowest BCUT2D eigenvalue weighted by atomic mass is 10.7. The van der Waals surface area contributed by atoms with Crippen molar-refractivity contribution in [1.29, 1.82) is 0 Å². The van der Waals surface area contributed by atoms with Crippen molar-refractivity contribution >= 4 is 5.84 Å². The molecule has 6 heavy (non-hydrogen) atoms. The largest absolute Gasteiger partial charge is 0.409 e. The van der Waals surface area contributed by atoms with Crippen LogP contribution in [0.2, 0.25) is 0 Å². The summed E-state index contributed by atoms with van der Waals surface area (Å²) in [6, 6.07) is 0. The molecule has 36 valence electrons. The first-order valence-corrected chi connectivity index (χ1v) is 1.33. The zero-order valence-corrected chi connectivity index (χ0v) is 3.06. The average Bonchev–Trinajstić information content (AvgIpc) is 1.65. The lowest BCUT2D eigenvalue weighted by Gasteiger charge is -1.80. The molecule has 0 atom stereocenters. The van der Waals surface area contributed by atoms with Gasteiger partial charge < -0.3 is 10.9 Å². The Kier molecular flexibility index (Phi) is 2.11. The van der Waals surface area contributed by atoms with Gasteiger partial charge in [-0.25, -0.2) is 4.39 Å². The fraction of sp³-hybridized carbons (Fsp3) is 0.500. The van der Waals surface area contributed by atoms with Gasteiger partial charge in [0.25, 0.3) is 0 Å². The van der Waals surface area contributed by atoms with Crippen LogP contribution in [0.1, 0.15) is 0 Å². The molecule has 0 spiro atoms. The molecule has 3 N–H and O–H groups in total. The summed E-state index contributed by atoms with van der Waals surface area (Å²) in [5.74, 6) is -0.394. The van der Waals surface area contributed by atoms with Gasteiger partial charge in [-0.05, 0) is 0 Å². The monoisotopic (exact) mass is 92.0 g/mol. The van der Waals surface area contributed by atoms with Crippen LogP contribution < -0.4 is 5.73 Å². The lowest BCUT2D eigenvalue weighted by molar-refractivity contribution is 0.315. The molecular formula is C2H5FN2O. The zero-order valence-electron chi connectivity index (χ0n) is 3.06. The maximum absolute atomic E-state index is 11.0. The highest BCUT2D eigenvalue weighted by atomic mass is 19.1. The third-order valence-electron chi connectivity index (χ3n) is 0.265. The number of hydrogen-bond donors (Lipinski definition) is 2. The van der Waals surface area contributed by atoms with Gasteiger partial charge >= 0.3 is 0 Å². The summed E-state index contributed by atoms with van der Waals surface area (Å²) in [6.07, 6.45) is 0. The highest BCUT2D eigenvalue weighted by molar-refractivity contribution is 5.80. The topological polar surface area (TPSA) is 58.6 Å². The Morgan fingerprint density at radius 3 is 2.50 bits per heavy atom. The van der Waals surface area contributed by atoms with Crippen molar-refractivity contribution in [3.05, 3.63) is 0 Å². The summed E-state index contributed by atoms with van der Waals surface area (Å²) in [5, 5.41) is 9.88. The van der Waals surface area contributed by atoms with Crippen LogP contribution in [-0.2, 0) is 0 Å². The molecule has 0 fully saturated rings. The van der Waals surface area contributed by atoms with E-state index >= 15 is 0 Å². The quantitative estimate of drug-likeness (QED) is 0.202. The second kappa shape index (κ2) is 2.44. The maximum atomic E-state index is 11.0. The van der Waals surface area contributed by atoms with E-state index in [0.29, 0.717) is 0 Å². The van der Waals surface area contributed by atoms with Crippen LogP contribution in [0.5, 0.6) is 0 Å². The normalized spacial score (nSPS) is 11.8. The number of nitrogens with two attached hydrogens (primary N) is 1. The van der Waals surface area contributed by atoms with Crippen LogP contribution >= 0.6 is 0 Å². The predicted molar refractivity (Wildman–Crippen MR) is 19.4 cm³/mol. The SMILES string of the molecule is N/C(CF)=N\O. The molecule has 4 heteroatoms. The molecule has 0 radical (unpaired) electrons. The highest BCUT2D eigenvalue weighted by Crippen LogP contribution is 1.63. The molecular weight excluding hydrogens is 87.0 g/mol. The van der Waals surface area contributed by atoms with E-state index in [1.165, 1.54) is 0 Å². The molecule has 0 heterocycles. The second-order valence-corrected chi connectivity index (χ2v) is 0.725. The fourth-order valence-electron chi connectivity index (χ4n) is 0.0267. The molecule has 0 saturated heterocycles. The Labute approximate surface area is 34.3 Å². The molecule has 0 aromatic rings. The molecule has 0 aliphatic rings. The minimum atomic E-state index is -0.892. The Bertz CT molecular complexity index is 62.6. The van der Waals surface area contributed by atoms with E-state index in [0.717, 1.165) is 0 Å². The van der Waals surface area contributed by atoms with Gasteiger partial charge in [0.2, 0.25) is 0 Å².